The molecule has 1 amide bonds. The van der Waals surface area contributed by atoms with Gasteiger partial charge in [0.1, 0.15) is 5.82 Å². The van der Waals surface area contributed by atoms with Gasteiger partial charge in [0.05, 0.1) is 21.9 Å². The van der Waals surface area contributed by atoms with Gasteiger partial charge >= 0.3 is 0 Å². The van der Waals surface area contributed by atoms with Gasteiger partial charge in [0.15, 0.2) is 0 Å². The Morgan fingerprint density at radius 1 is 1.03 bits per heavy atom. The largest absolute Gasteiger partial charge is 0.352 e. The fourth-order valence-corrected chi connectivity index (χ4v) is 4.11. The third-order valence-corrected chi connectivity index (χ3v) is 5.93. The second kappa shape index (κ2) is 10.1. The summed E-state index contributed by atoms with van der Waals surface area (Å²) >= 11 is 1.05. The van der Waals surface area contributed by atoms with Crippen LogP contribution in [0.5, 0.6) is 0 Å². The van der Waals surface area contributed by atoms with Crippen molar-refractivity contribution < 1.29 is 14.1 Å². The Bertz CT molecular complexity index is 1290. The Balaban J connectivity index is 1.46. The van der Waals surface area contributed by atoms with Crippen molar-refractivity contribution in [1.29, 1.82) is 0 Å². The van der Waals surface area contributed by atoms with Crippen LogP contribution in [0.1, 0.15) is 16.1 Å². The molecule has 1 N–H and O–H groups in total. The van der Waals surface area contributed by atoms with Crippen molar-refractivity contribution in [3.8, 4) is 5.69 Å². The van der Waals surface area contributed by atoms with Gasteiger partial charge < -0.3 is 5.32 Å². The molecule has 1 heterocycles. The molecule has 7 nitrogen and oxygen atoms in total. The number of nitrogens with one attached hydrogen (secondary N) is 1. The Morgan fingerprint density at radius 3 is 2.55 bits per heavy atom. The van der Waals surface area contributed by atoms with Gasteiger partial charge in [0.2, 0.25) is 0 Å². The van der Waals surface area contributed by atoms with Crippen LogP contribution < -0.4 is 5.32 Å². The molecule has 4 rings (SSSR count). The number of nitrogens with zero attached hydrogens (tertiary/aromatic N) is 3. The van der Waals surface area contributed by atoms with Crippen LogP contribution >= 0.6 is 11.8 Å². The predicted molar refractivity (Wildman–Crippen MR) is 123 cm³/mol. The monoisotopic (exact) mass is 462 g/mol. The highest BCUT2D eigenvalue weighted by Gasteiger charge is 2.18. The second-order valence-corrected chi connectivity index (χ2v) is 8.15. The number of nitro groups is 1. The first-order valence-electron chi connectivity index (χ1n) is 10.1. The topological polar surface area (TPSA) is 90.1 Å². The number of hydrogen-bond acceptors (Lipinski definition) is 5. The minimum absolute atomic E-state index is 0.118. The third-order valence-electron chi connectivity index (χ3n) is 4.81. The van der Waals surface area contributed by atoms with Crippen molar-refractivity contribution >= 4 is 23.4 Å². The van der Waals surface area contributed by atoms with Gasteiger partial charge in [-0.25, -0.2) is 9.07 Å². The van der Waals surface area contributed by atoms with E-state index < -0.39 is 16.6 Å². The number of rotatable bonds is 8. The van der Waals surface area contributed by atoms with Crippen LogP contribution in [-0.2, 0) is 6.42 Å². The Morgan fingerprint density at radius 2 is 1.79 bits per heavy atom. The van der Waals surface area contributed by atoms with Crippen molar-refractivity contribution in [3.05, 3.63) is 112 Å². The Hall–Kier alpha value is -3.98. The lowest BCUT2D eigenvalue weighted by molar-refractivity contribution is -0.384. The summed E-state index contributed by atoms with van der Waals surface area (Å²) < 4.78 is 15.8. The lowest BCUT2D eigenvalue weighted by atomic mass is 10.2. The molecule has 0 radical (unpaired) electrons. The van der Waals surface area contributed by atoms with E-state index in [9.17, 15) is 19.3 Å². The molecule has 0 aliphatic heterocycles. The molecular formula is C24H19FN4O3S. The summed E-state index contributed by atoms with van der Waals surface area (Å²) in [7, 11) is 0. The molecule has 0 aliphatic carbocycles. The molecule has 33 heavy (non-hydrogen) atoms. The summed E-state index contributed by atoms with van der Waals surface area (Å²) in [5, 5.41) is 18.5. The van der Waals surface area contributed by atoms with Crippen LogP contribution in [0.2, 0.25) is 0 Å². The maximum atomic E-state index is 14.1. The first-order chi connectivity index (χ1) is 16.0. The van der Waals surface area contributed by atoms with Crippen LogP contribution in [0, 0.1) is 15.9 Å². The molecule has 0 saturated heterocycles. The fourth-order valence-electron chi connectivity index (χ4n) is 3.16. The zero-order valence-corrected chi connectivity index (χ0v) is 18.2. The van der Waals surface area contributed by atoms with E-state index in [2.05, 4.69) is 10.4 Å². The quantitative estimate of drug-likeness (QED) is 0.293. The summed E-state index contributed by atoms with van der Waals surface area (Å²) in [5.74, 6) is -0.902. The highest BCUT2D eigenvalue weighted by atomic mass is 32.2. The third kappa shape index (κ3) is 5.45. The number of amides is 1. The standard InChI is InChI=1S/C24H19FN4O3S/c25-21-8-4-5-9-23(21)33-22-11-10-19(29(31)32)16-20(22)24(30)26-14-12-17-13-15-28(27-17)18-6-2-1-3-7-18/h1-11,13,15-16H,12,14H2,(H,26,30). The fraction of sp³-hybridized carbons (Fsp3) is 0.0833. The van der Waals surface area contributed by atoms with Crippen LogP contribution in [0.15, 0.2) is 94.9 Å². The minimum atomic E-state index is -0.565. The highest BCUT2D eigenvalue weighted by molar-refractivity contribution is 7.99. The molecule has 0 unspecified atom stereocenters. The van der Waals surface area contributed by atoms with Gasteiger partial charge in [0.25, 0.3) is 11.6 Å². The van der Waals surface area contributed by atoms with E-state index in [4.69, 9.17) is 0 Å². The van der Waals surface area contributed by atoms with Gasteiger partial charge in [0, 0.05) is 41.1 Å². The van der Waals surface area contributed by atoms with Crippen molar-refractivity contribution in [3.63, 3.8) is 0 Å². The average molecular weight is 463 g/mol. The molecule has 0 atom stereocenters. The van der Waals surface area contributed by atoms with Crippen LogP contribution in [0.3, 0.4) is 0 Å². The first-order valence-corrected chi connectivity index (χ1v) is 10.9. The summed E-state index contributed by atoms with van der Waals surface area (Å²) in [6.45, 7) is 0.289. The molecule has 3 aromatic carbocycles. The lowest BCUT2D eigenvalue weighted by Gasteiger charge is -2.10. The predicted octanol–water partition coefficient (Wildman–Crippen LogP) is 5.04. The Kier molecular flexibility index (Phi) is 6.80. The molecule has 1 aromatic heterocycles. The number of hydrogen-bond donors (Lipinski definition) is 1. The van der Waals surface area contributed by atoms with E-state index in [-0.39, 0.29) is 17.8 Å². The van der Waals surface area contributed by atoms with E-state index in [1.165, 1.54) is 24.3 Å². The number of benzene rings is 3. The summed E-state index contributed by atoms with van der Waals surface area (Å²) in [4.78, 5) is 24.3. The Labute approximate surface area is 193 Å². The van der Waals surface area contributed by atoms with Crippen LogP contribution in [-0.4, -0.2) is 27.2 Å². The second-order valence-electron chi connectivity index (χ2n) is 7.06. The summed E-state index contributed by atoms with van der Waals surface area (Å²) in [5.41, 5.74) is 1.63. The van der Waals surface area contributed by atoms with Crippen molar-refractivity contribution in [2.45, 2.75) is 16.2 Å². The molecule has 0 fully saturated rings. The number of para-hydroxylation sites is 1. The van der Waals surface area contributed by atoms with E-state index in [1.807, 2.05) is 42.6 Å². The lowest BCUT2D eigenvalue weighted by Crippen LogP contribution is -2.26. The maximum absolute atomic E-state index is 14.1. The molecule has 0 saturated carbocycles. The number of aromatic nitrogens is 2. The zero-order chi connectivity index (χ0) is 23.2. The molecule has 0 bridgehead atoms. The number of halogens is 1. The van der Waals surface area contributed by atoms with Gasteiger partial charge in [-0.05, 0) is 36.4 Å². The van der Waals surface area contributed by atoms with Crippen LogP contribution in [0.25, 0.3) is 5.69 Å². The number of carbonyl (C=O) groups excluding carboxylic acids is 1. The molecule has 9 heteroatoms. The van der Waals surface area contributed by atoms with E-state index >= 15 is 0 Å². The van der Waals surface area contributed by atoms with Crippen molar-refractivity contribution in [2.24, 2.45) is 0 Å². The smallest absolute Gasteiger partial charge is 0.270 e. The molecule has 0 spiro atoms. The molecular weight excluding hydrogens is 443 g/mol. The minimum Gasteiger partial charge on any atom is -0.352 e. The summed E-state index contributed by atoms with van der Waals surface area (Å²) in [6.07, 6.45) is 2.33. The van der Waals surface area contributed by atoms with E-state index in [0.29, 0.717) is 16.2 Å². The average Bonchev–Trinajstić information content (AvgIpc) is 3.30. The molecule has 166 valence electrons. The SMILES string of the molecule is O=C(NCCc1ccn(-c2ccccc2)n1)c1cc([N+](=O)[O-])ccc1Sc1ccccc1F. The van der Waals surface area contributed by atoms with Crippen molar-refractivity contribution in [2.75, 3.05) is 6.54 Å². The van der Waals surface area contributed by atoms with E-state index in [1.54, 1.807) is 22.9 Å². The first kappa shape index (κ1) is 22.2. The van der Waals surface area contributed by atoms with Gasteiger partial charge in [-0.2, -0.15) is 5.10 Å². The van der Waals surface area contributed by atoms with Gasteiger partial charge in [-0.1, -0.05) is 42.1 Å². The number of nitro benzene ring substituents is 1. The molecule has 0 aliphatic rings. The van der Waals surface area contributed by atoms with Gasteiger partial charge in [-0.15, -0.1) is 0 Å². The summed E-state index contributed by atoms with van der Waals surface area (Å²) in [6, 6.07) is 21.7. The van der Waals surface area contributed by atoms with Crippen LogP contribution in [0.4, 0.5) is 10.1 Å². The van der Waals surface area contributed by atoms with Crippen molar-refractivity contribution in [1.82, 2.24) is 15.1 Å². The van der Waals surface area contributed by atoms with E-state index in [0.717, 1.165) is 23.1 Å². The zero-order valence-electron chi connectivity index (χ0n) is 17.3. The van der Waals surface area contributed by atoms with Gasteiger partial charge in [-0.3, -0.25) is 14.9 Å². The highest BCUT2D eigenvalue weighted by Crippen LogP contribution is 2.34. The normalized spacial score (nSPS) is 10.7. The number of non-ortho nitro benzene ring substituents is 1. The number of carbonyl (C=O) groups is 1. The maximum Gasteiger partial charge on any atom is 0.270 e. The molecule has 4 aromatic rings.